The van der Waals surface area contributed by atoms with Gasteiger partial charge in [-0.25, -0.2) is 0 Å². The van der Waals surface area contributed by atoms with Gasteiger partial charge in [0.05, 0.1) is 12.0 Å². The van der Waals surface area contributed by atoms with Crippen LogP contribution in [0.2, 0.25) is 0 Å². The summed E-state index contributed by atoms with van der Waals surface area (Å²) >= 11 is 5.57. The van der Waals surface area contributed by atoms with Gasteiger partial charge < -0.3 is 4.74 Å². The summed E-state index contributed by atoms with van der Waals surface area (Å²) in [5.74, 6) is 7.29. The van der Waals surface area contributed by atoms with Crippen molar-refractivity contribution >= 4 is 11.6 Å². The van der Waals surface area contributed by atoms with Gasteiger partial charge in [0.15, 0.2) is 0 Å². The number of ether oxygens (including phenoxy) is 1. The fraction of sp³-hybridized carbons (Fsp3) is 0.529. The number of alkyl halides is 1. The van der Waals surface area contributed by atoms with E-state index in [1.54, 1.807) is 0 Å². The van der Waals surface area contributed by atoms with Gasteiger partial charge in [-0.2, -0.15) is 0 Å². The molecule has 1 fully saturated rings. The number of rotatable bonds is 2. The molecule has 0 aliphatic heterocycles. The SMILES string of the molecule is Cc1cc(C#CCCl)ccc1OC1CCCCCC1. The molecule has 1 saturated carbocycles. The molecule has 0 atom stereocenters. The monoisotopic (exact) mass is 276 g/mol. The van der Waals surface area contributed by atoms with Crippen LogP contribution in [0, 0.1) is 18.8 Å². The molecule has 0 saturated heterocycles. The average molecular weight is 277 g/mol. The van der Waals surface area contributed by atoms with Crippen molar-refractivity contribution in [2.45, 2.75) is 51.6 Å². The topological polar surface area (TPSA) is 9.23 Å². The lowest BCUT2D eigenvalue weighted by Gasteiger charge is -2.18. The molecule has 1 aromatic rings. The molecule has 19 heavy (non-hydrogen) atoms. The van der Waals surface area contributed by atoms with Gasteiger partial charge in [0.25, 0.3) is 0 Å². The summed E-state index contributed by atoms with van der Waals surface area (Å²) in [4.78, 5) is 0. The van der Waals surface area contributed by atoms with E-state index in [0.29, 0.717) is 12.0 Å². The molecule has 1 nitrogen and oxygen atoms in total. The second-order valence-corrected chi connectivity index (χ2v) is 5.41. The Hall–Kier alpha value is -1.13. The molecule has 0 aromatic heterocycles. The van der Waals surface area contributed by atoms with E-state index >= 15 is 0 Å². The van der Waals surface area contributed by atoms with Crippen molar-refractivity contribution in [2.24, 2.45) is 0 Å². The van der Waals surface area contributed by atoms with Gasteiger partial charge in [0, 0.05) is 5.56 Å². The van der Waals surface area contributed by atoms with Crippen LogP contribution in [-0.4, -0.2) is 12.0 Å². The Bertz CT molecular complexity index is 462. The molecule has 0 N–H and O–H groups in total. The third kappa shape index (κ3) is 4.48. The summed E-state index contributed by atoms with van der Waals surface area (Å²) < 4.78 is 6.15. The molecule has 1 aromatic carbocycles. The summed E-state index contributed by atoms with van der Waals surface area (Å²) in [6, 6.07) is 6.13. The lowest BCUT2D eigenvalue weighted by Crippen LogP contribution is -2.15. The van der Waals surface area contributed by atoms with Crippen LogP contribution in [0.5, 0.6) is 5.75 Å². The molecule has 0 radical (unpaired) electrons. The molecule has 0 bridgehead atoms. The Balaban J connectivity index is 2.03. The zero-order valence-electron chi connectivity index (χ0n) is 11.5. The van der Waals surface area contributed by atoms with Gasteiger partial charge in [-0.05, 0) is 56.4 Å². The Kier molecular flexibility index (Phi) is 5.61. The fourth-order valence-corrected chi connectivity index (χ4v) is 2.60. The Morgan fingerprint density at radius 1 is 1.21 bits per heavy atom. The number of halogens is 1. The zero-order chi connectivity index (χ0) is 13.5. The van der Waals surface area contributed by atoms with Gasteiger partial charge in [-0.1, -0.05) is 24.7 Å². The summed E-state index contributed by atoms with van der Waals surface area (Å²) in [6.07, 6.45) is 8.06. The molecule has 1 aliphatic carbocycles. The maximum absolute atomic E-state index is 6.15. The smallest absolute Gasteiger partial charge is 0.122 e. The van der Waals surface area contributed by atoms with E-state index in [-0.39, 0.29) is 0 Å². The third-order valence-corrected chi connectivity index (χ3v) is 3.70. The third-order valence-electron chi connectivity index (χ3n) is 3.57. The molecule has 102 valence electrons. The van der Waals surface area contributed by atoms with Gasteiger partial charge in [-0.3, -0.25) is 0 Å². The highest BCUT2D eigenvalue weighted by molar-refractivity contribution is 6.19. The molecule has 2 heteroatoms. The molecular weight excluding hydrogens is 256 g/mol. The maximum Gasteiger partial charge on any atom is 0.122 e. The highest BCUT2D eigenvalue weighted by atomic mass is 35.5. The van der Waals surface area contributed by atoms with E-state index in [0.717, 1.165) is 16.9 Å². The normalized spacial score (nSPS) is 16.3. The first-order chi connectivity index (χ1) is 9.29. The molecule has 0 amide bonds. The van der Waals surface area contributed by atoms with Crippen molar-refractivity contribution in [3.63, 3.8) is 0 Å². The van der Waals surface area contributed by atoms with Gasteiger partial charge in [0.2, 0.25) is 0 Å². The highest BCUT2D eigenvalue weighted by Crippen LogP contribution is 2.25. The van der Waals surface area contributed by atoms with Gasteiger partial charge in [-0.15, -0.1) is 11.6 Å². The predicted octanol–water partition coefficient (Wildman–Crippen LogP) is 4.69. The first-order valence-electron chi connectivity index (χ1n) is 7.12. The largest absolute Gasteiger partial charge is 0.490 e. The van der Waals surface area contributed by atoms with Crippen LogP contribution >= 0.6 is 11.6 Å². The quantitative estimate of drug-likeness (QED) is 0.433. The van der Waals surface area contributed by atoms with Crippen molar-refractivity contribution in [2.75, 3.05) is 5.88 Å². The molecular formula is C17H21ClO. The maximum atomic E-state index is 6.15. The van der Waals surface area contributed by atoms with Crippen LogP contribution in [0.15, 0.2) is 18.2 Å². The van der Waals surface area contributed by atoms with Crippen LogP contribution in [0.1, 0.15) is 49.7 Å². The fourth-order valence-electron chi connectivity index (χ4n) is 2.53. The summed E-state index contributed by atoms with van der Waals surface area (Å²) in [7, 11) is 0. The van der Waals surface area contributed by atoms with E-state index in [4.69, 9.17) is 16.3 Å². The number of hydrogen-bond donors (Lipinski definition) is 0. The van der Waals surface area contributed by atoms with Crippen molar-refractivity contribution in [1.29, 1.82) is 0 Å². The standard InChI is InChI=1S/C17H21ClO/c1-14-13-15(7-6-12-18)10-11-17(14)19-16-8-4-2-3-5-9-16/h10-11,13,16H,2-5,8-9,12H2,1H3. The zero-order valence-corrected chi connectivity index (χ0v) is 12.3. The van der Waals surface area contributed by atoms with E-state index in [1.807, 2.05) is 12.1 Å². The minimum atomic E-state index is 0.374. The summed E-state index contributed by atoms with van der Waals surface area (Å²) in [6.45, 7) is 2.08. The first kappa shape index (κ1) is 14.3. The second kappa shape index (κ2) is 7.46. The molecule has 0 unspecified atom stereocenters. The number of aryl methyl sites for hydroxylation is 1. The van der Waals surface area contributed by atoms with Crippen molar-refractivity contribution in [1.82, 2.24) is 0 Å². The van der Waals surface area contributed by atoms with Crippen LogP contribution in [0.25, 0.3) is 0 Å². The first-order valence-corrected chi connectivity index (χ1v) is 7.65. The predicted molar refractivity (Wildman–Crippen MR) is 80.9 cm³/mol. The van der Waals surface area contributed by atoms with Gasteiger partial charge in [0.1, 0.15) is 5.75 Å². The number of hydrogen-bond acceptors (Lipinski definition) is 1. The lowest BCUT2D eigenvalue weighted by molar-refractivity contribution is 0.182. The molecule has 0 heterocycles. The van der Waals surface area contributed by atoms with Gasteiger partial charge >= 0.3 is 0 Å². The van der Waals surface area contributed by atoms with E-state index in [2.05, 4.69) is 24.8 Å². The van der Waals surface area contributed by atoms with Crippen molar-refractivity contribution in [3.05, 3.63) is 29.3 Å². The Morgan fingerprint density at radius 2 is 1.95 bits per heavy atom. The van der Waals surface area contributed by atoms with E-state index < -0.39 is 0 Å². The molecule has 2 rings (SSSR count). The van der Waals surface area contributed by atoms with Crippen molar-refractivity contribution < 1.29 is 4.74 Å². The van der Waals surface area contributed by atoms with Crippen LogP contribution in [-0.2, 0) is 0 Å². The molecule has 0 spiro atoms. The number of benzene rings is 1. The summed E-state index contributed by atoms with van der Waals surface area (Å²) in [5, 5.41) is 0. The minimum absolute atomic E-state index is 0.374. The molecule has 1 aliphatic rings. The van der Waals surface area contributed by atoms with Crippen LogP contribution in [0.4, 0.5) is 0 Å². The minimum Gasteiger partial charge on any atom is -0.490 e. The lowest BCUT2D eigenvalue weighted by atomic mass is 10.1. The summed E-state index contributed by atoms with van der Waals surface area (Å²) in [5.41, 5.74) is 2.16. The Labute approximate surface area is 121 Å². The van der Waals surface area contributed by atoms with Crippen LogP contribution in [0.3, 0.4) is 0 Å². The van der Waals surface area contributed by atoms with E-state index in [9.17, 15) is 0 Å². The van der Waals surface area contributed by atoms with Crippen molar-refractivity contribution in [3.8, 4) is 17.6 Å². The second-order valence-electron chi connectivity index (χ2n) is 5.15. The van der Waals surface area contributed by atoms with Crippen LogP contribution < -0.4 is 4.74 Å². The van der Waals surface area contributed by atoms with E-state index in [1.165, 1.54) is 38.5 Å². The Morgan fingerprint density at radius 3 is 2.58 bits per heavy atom. The average Bonchev–Trinajstić information content (AvgIpc) is 2.68. The highest BCUT2D eigenvalue weighted by Gasteiger charge is 2.14.